The predicted octanol–water partition coefficient (Wildman–Crippen LogP) is 4.27. The first-order chi connectivity index (χ1) is 17.4. The minimum atomic E-state index is -0.602. The molecule has 0 spiro atoms. The number of fused-ring (bicyclic) bond motifs is 2. The minimum Gasteiger partial charge on any atom is -0.462 e. The molecular weight excluding hydrogens is 456 g/mol. The van der Waals surface area contributed by atoms with Gasteiger partial charge in [-0.05, 0) is 92.9 Å². The second-order valence-corrected chi connectivity index (χ2v) is 11.2. The van der Waals surface area contributed by atoms with Crippen molar-refractivity contribution in [2.75, 3.05) is 38.2 Å². The van der Waals surface area contributed by atoms with Gasteiger partial charge in [0.1, 0.15) is 13.2 Å². The molecule has 0 saturated heterocycles. The normalized spacial score (nSPS) is 26.4. The van der Waals surface area contributed by atoms with E-state index in [0.29, 0.717) is 31.2 Å². The summed E-state index contributed by atoms with van der Waals surface area (Å²) >= 11 is 0. The van der Waals surface area contributed by atoms with Gasteiger partial charge in [0.25, 0.3) is 0 Å². The van der Waals surface area contributed by atoms with Gasteiger partial charge in [-0.15, -0.1) is 0 Å². The van der Waals surface area contributed by atoms with E-state index in [1.165, 1.54) is 31.2 Å². The Morgan fingerprint density at radius 2 is 1.94 bits per heavy atom. The number of carbonyl (C=O) groups is 1. The van der Waals surface area contributed by atoms with Gasteiger partial charge in [0.15, 0.2) is 0 Å². The molecule has 4 N–H and O–H groups in total. The van der Waals surface area contributed by atoms with Crippen molar-refractivity contribution in [3.8, 4) is 0 Å². The van der Waals surface area contributed by atoms with E-state index >= 15 is 0 Å². The fraction of sp³-hybridized carbons (Fsp3) is 0.759. The van der Waals surface area contributed by atoms with Crippen LogP contribution in [0.5, 0.6) is 0 Å². The van der Waals surface area contributed by atoms with Gasteiger partial charge in [-0.3, -0.25) is 4.79 Å². The van der Waals surface area contributed by atoms with E-state index in [-0.39, 0.29) is 19.1 Å². The fourth-order valence-corrected chi connectivity index (χ4v) is 6.30. The van der Waals surface area contributed by atoms with Crippen LogP contribution in [0.15, 0.2) is 24.3 Å². The molecule has 0 aromatic heterocycles. The number of rotatable bonds is 16. The molecule has 5 atom stereocenters. The molecule has 204 valence electrons. The Balaban J connectivity index is 1.24. The lowest BCUT2D eigenvalue weighted by Crippen LogP contribution is -2.42. The lowest BCUT2D eigenvalue weighted by Gasteiger charge is -2.50. The van der Waals surface area contributed by atoms with E-state index in [4.69, 9.17) is 14.6 Å². The molecule has 7 nitrogen and oxygen atoms in total. The van der Waals surface area contributed by atoms with Crippen molar-refractivity contribution in [1.29, 1.82) is 0 Å². The highest BCUT2D eigenvalue weighted by Crippen LogP contribution is 2.53. The Morgan fingerprint density at radius 3 is 2.69 bits per heavy atom. The monoisotopic (exact) mass is 504 g/mol. The summed E-state index contributed by atoms with van der Waals surface area (Å²) in [5.74, 6) is 1.36. The van der Waals surface area contributed by atoms with Crippen molar-refractivity contribution >= 4 is 11.7 Å². The van der Waals surface area contributed by atoms with Gasteiger partial charge in [-0.1, -0.05) is 32.4 Å². The molecular formula is C29H48N2O5. The van der Waals surface area contributed by atoms with Crippen LogP contribution in [0.25, 0.3) is 0 Å². The summed E-state index contributed by atoms with van der Waals surface area (Å²) in [6.07, 6.45) is 9.76. The fourth-order valence-electron chi connectivity index (χ4n) is 6.30. The zero-order valence-corrected chi connectivity index (χ0v) is 22.3. The number of unbranched alkanes of at least 4 members (excludes halogenated alkanes) is 1. The summed E-state index contributed by atoms with van der Waals surface area (Å²) in [6, 6.07) is 8.01. The highest BCUT2D eigenvalue weighted by molar-refractivity contribution is 5.74. The van der Waals surface area contributed by atoms with Crippen molar-refractivity contribution in [2.45, 2.75) is 90.4 Å². The molecule has 0 radical (unpaired) electrons. The first-order valence-electron chi connectivity index (χ1n) is 14.0. The van der Waals surface area contributed by atoms with Crippen molar-refractivity contribution in [3.63, 3.8) is 0 Å². The van der Waals surface area contributed by atoms with Gasteiger partial charge in [0, 0.05) is 12.2 Å². The number of benzene rings is 1. The number of aliphatic hydroxyl groups excluding tert-OH is 2. The molecule has 2 fully saturated rings. The van der Waals surface area contributed by atoms with Crippen LogP contribution in [0.3, 0.4) is 0 Å². The number of anilines is 1. The average molecular weight is 505 g/mol. The number of carbonyl (C=O) groups excluding carboxylic acids is 1. The molecule has 0 amide bonds. The van der Waals surface area contributed by atoms with Crippen LogP contribution in [0.1, 0.15) is 77.2 Å². The SMILES string of the molecule is CCC12CC(C)CC(CC(OCCOC(=O)CNc3ccc(CNCCCCC(O)CO)cc3)C1)C2. The van der Waals surface area contributed by atoms with Crippen LogP contribution in [-0.2, 0) is 20.8 Å². The maximum absolute atomic E-state index is 12.1. The Bertz CT molecular complexity index is 769. The Labute approximate surface area is 217 Å². The average Bonchev–Trinajstić information content (AvgIpc) is 2.87. The molecule has 0 heterocycles. The number of aliphatic hydroxyl groups is 2. The Kier molecular flexibility index (Phi) is 12.0. The zero-order valence-electron chi connectivity index (χ0n) is 22.3. The van der Waals surface area contributed by atoms with Gasteiger partial charge in [0.2, 0.25) is 0 Å². The summed E-state index contributed by atoms with van der Waals surface area (Å²) in [5.41, 5.74) is 2.52. The van der Waals surface area contributed by atoms with Gasteiger partial charge < -0.3 is 30.3 Å². The summed E-state index contributed by atoms with van der Waals surface area (Å²) in [4.78, 5) is 12.1. The van der Waals surface area contributed by atoms with E-state index in [1.807, 2.05) is 24.3 Å². The summed E-state index contributed by atoms with van der Waals surface area (Å²) in [6.45, 7) is 7.12. The van der Waals surface area contributed by atoms with Crippen LogP contribution in [0.2, 0.25) is 0 Å². The maximum Gasteiger partial charge on any atom is 0.325 e. The molecule has 0 aliphatic heterocycles. The van der Waals surface area contributed by atoms with Crippen molar-refractivity contribution in [2.24, 2.45) is 17.3 Å². The van der Waals surface area contributed by atoms with Gasteiger partial charge in [-0.2, -0.15) is 0 Å². The molecule has 3 rings (SSSR count). The first-order valence-corrected chi connectivity index (χ1v) is 14.0. The highest BCUT2D eigenvalue weighted by atomic mass is 16.6. The number of hydrogen-bond donors (Lipinski definition) is 4. The van der Waals surface area contributed by atoms with E-state index in [0.717, 1.165) is 56.3 Å². The molecule has 2 bridgehead atoms. The van der Waals surface area contributed by atoms with E-state index in [2.05, 4.69) is 24.5 Å². The molecule has 2 aliphatic carbocycles. The third-order valence-corrected chi connectivity index (χ3v) is 8.02. The van der Waals surface area contributed by atoms with Crippen molar-refractivity contribution in [3.05, 3.63) is 29.8 Å². The molecule has 1 aromatic rings. The topological polar surface area (TPSA) is 100 Å². The molecule has 36 heavy (non-hydrogen) atoms. The summed E-state index contributed by atoms with van der Waals surface area (Å²) in [7, 11) is 0. The zero-order chi connectivity index (χ0) is 25.8. The van der Waals surface area contributed by atoms with E-state index < -0.39 is 6.10 Å². The number of nitrogens with one attached hydrogen (secondary N) is 2. The lowest BCUT2D eigenvalue weighted by atomic mass is 9.57. The van der Waals surface area contributed by atoms with Gasteiger partial charge >= 0.3 is 5.97 Å². The minimum absolute atomic E-state index is 0.139. The smallest absolute Gasteiger partial charge is 0.325 e. The maximum atomic E-state index is 12.1. The first kappa shape index (κ1) is 28.9. The highest BCUT2D eigenvalue weighted by Gasteiger charge is 2.44. The van der Waals surface area contributed by atoms with Crippen LogP contribution in [0.4, 0.5) is 5.69 Å². The number of hydrogen-bond acceptors (Lipinski definition) is 7. The van der Waals surface area contributed by atoms with E-state index in [9.17, 15) is 9.90 Å². The predicted molar refractivity (Wildman–Crippen MR) is 143 cm³/mol. The standard InChI is InChI=1S/C29H48N2O5/c1-3-29-16-22(2)14-24(17-29)15-27(18-29)35-12-13-36-28(34)20-31-25-9-7-23(8-10-25)19-30-11-5-4-6-26(33)21-32/h7-10,22,24,26-27,30-33H,3-6,11-21H2,1-2H3. The lowest BCUT2D eigenvalue weighted by molar-refractivity contribution is -0.145. The molecule has 5 unspecified atom stereocenters. The molecule has 1 aromatic carbocycles. The Morgan fingerprint density at radius 1 is 1.14 bits per heavy atom. The van der Waals surface area contributed by atoms with Crippen LogP contribution >= 0.6 is 0 Å². The summed E-state index contributed by atoms with van der Waals surface area (Å²) in [5, 5.41) is 24.7. The van der Waals surface area contributed by atoms with Gasteiger partial charge in [-0.25, -0.2) is 0 Å². The van der Waals surface area contributed by atoms with Crippen molar-refractivity contribution < 1.29 is 24.5 Å². The number of esters is 1. The third-order valence-electron chi connectivity index (χ3n) is 8.02. The Hall–Kier alpha value is -1.67. The molecule has 2 saturated carbocycles. The second kappa shape index (κ2) is 14.9. The van der Waals surface area contributed by atoms with E-state index in [1.54, 1.807) is 0 Å². The van der Waals surface area contributed by atoms with Gasteiger partial charge in [0.05, 0.1) is 25.4 Å². The van der Waals surface area contributed by atoms with Crippen molar-refractivity contribution in [1.82, 2.24) is 5.32 Å². The second-order valence-electron chi connectivity index (χ2n) is 11.2. The van der Waals surface area contributed by atoms with Crippen LogP contribution in [-0.4, -0.2) is 61.3 Å². The van der Waals surface area contributed by atoms with Crippen LogP contribution in [0, 0.1) is 17.3 Å². The largest absolute Gasteiger partial charge is 0.462 e. The summed E-state index contributed by atoms with van der Waals surface area (Å²) < 4.78 is 11.5. The molecule has 7 heteroatoms. The van der Waals surface area contributed by atoms with Crippen LogP contribution < -0.4 is 10.6 Å². The third kappa shape index (κ3) is 9.66. The number of ether oxygens (including phenoxy) is 2. The molecule has 2 aliphatic rings. The quantitative estimate of drug-likeness (QED) is 0.197.